The molecule has 0 saturated carbocycles. The third-order valence-electron chi connectivity index (χ3n) is 4.39. The summed E-state index contributed by atoms with van der Waals surface area (Å²) < 4.78 is 13.1. The first kappa shape index (κ1) is 18.4. The number of carbonyl (C=O) groups is 2. The summed E-state index contributed by atoms with van der Waals surface area (Å²) in [7, 11) is 1.64. The molecule has 1 saturated heterocycles. The lowest BCUT2D eigenvalue weighted by Gasteiger charge is -2.26. The van der Waals surface area contributed by atoms with Gasteiger partial charge in [-0.05, 0) is 31.5 Å². The highest BCUT2D eigenvalue weighted by Gasteiger charge is 2.36. The lowest BCUT2D eigenvalue weighted by Crippen LogP contribution is -2.44. The van der Waals surface area contributed by atoms with Crippen LogP contribution >= 0.6 is 0 Å². The van der Waals surface area contributed by atoms with Crippen LogP contribution in [0.2, 0.25) is 0 Å². The molecule has 1 aromatic carbocycles. The molecule has 1 aromatic rings. The molecular formula is C17H25FN4O2. The highest BCUT2D eigenvalue weighted by Crippen LogP contribution is 2.26. The smallest absolute Gasteiger partial charge is 0.242 e. The lowest BCUT2D eigenvalue weighted by atomic mass is 9.93. The van der Waals surface area contributed by atoms with Gasteiger partial charge in [0.05, 0.1) is 18.5 Å². The molecule has 2 atom stereocenters. The van der Waals surface area contributed by atoms with Crippen molar-refractivity contribution in [2.75, 3.05) is 33.2 Å². The standard InChI is InChI=1S/C17H25FN4O2/c1-4-22(5-2)15(23)11-21(3)17(24)14-10-19-20-16(14)12-6-8-13(18)9-7-12/h6-9,14,16,19-20H,4-5,10-11H2,1-3H3. The number of halogens is 1. The minimum atomic E-state index is -0.343. The van der Waals surface area contributed by atoms with Gasteiger partial charge in [0.1, 0.15) is 5.82 Å². The Balaban J connectivity index is 2.04. The molecule has 0 radical (unpaired) electrons. The molecule has 0 aromatic heterocycles. The van der Waals surface area contributed by atoms with Crippen LogP contribution in [-0.2, 0) is 9.59 Å². The highest BCUT2D eigenvalue weighted by molar-refractivity contribution is 5.86. The van der Waals surface area contributed by atoms with Crippen molar-refractivity contribution in [2.24, 2.45) is 5.92 Å². The van der Waals surface area contributed by atoms with Crippen LogP contribution in [0.15, 0.2) is 24.3 Å². The van der Waals surface area contributed by atoms with Crippen LogP contribution in [0.5, 0.6) is 0 Å². The van der Waals surface area contributed by atoms with E-state index in [-0.39, 0.29) is 36.1 Å². The second-order valence-electron chi connectivity index (χ2n) is 5.92. The number of nitrogens with one attached hydrogen (secondary N) is 2. The second kappa shape index (κ2) is 8.21. The zero-order chi connectivity index (χ0) is 17.7. The highest BCUT2D eigenvalue weighted by atomic mass is 19.1. The van der Waals surface area contributed by atoms with Gasteiger partial charge in [0, 0.05) is 26.7 Å². The Kier molecular flexibility index (Phi) is 6.28. The fourth-order valence-corrected chi connectivity index (χ4v) is 2.95. The Morgan fingerprint density at radius 2 is 1.83 bits per heavy atom. The van der Waals surface area contributed by atoms with E-state index >= 15 is 0 Å². The molecule has 2 unspecified atom stereocenters. The summed E-state index contributed by atoms with van der Waals surface area (Å²) in [6, 6.07) is 5.85. The molecule has 1 aliphatic heterocycles. The normalized spacial score (nSPS) is 20.0. The van der Waals surface area contributed by atoms with E-state index in [4.69, 9.17) is 0 Å². The molecule has 0 aliphatic carbocycles. The number of hydrogen-bond donors (Lipinski definition) is 2. The number of carbonyl (C=O) groups excluding carboxylic acids is 2. The van der Waals surface area contributed by atoms with E-state index in [1.54, 1.807) is 24.1 Å². The predicted octanol–water partition coefficient (Wildman–Crippen LogP) is 0.918. The minimum Gasteiger partial charge on any atom is -0.342 e. The molecule has 7 heteroatoms. The summed E-state index contributed by atoms with van der Waals surface area (Å²) in [6.45, 7) is 5.61. The summed E-state index contributed by atoms with van der Waals surface area (Å²) in [4.78, 5) is 28.1. The van der Waals surface area contributed by atoms with Gasteiger partial charge in [-0.25, -0.2) is 9.82 Å². The second-order valence-corrected chi connectivity index (χ2v) is 5.92. The van der Waals surface area contributed by atoms with E-state index in [1.165, 1.54) is 17.0 Å². The Hall–Kier alpha value is -1.99. The van der Waals surface area contributed by atoms with Crippen molar-refractivity contribution in [1.29, 1.82) is 0 Å². The number of hydrazine groups is 1. The number of nitrogens with zero attached hydrogens (tertiary/aromatic N) is 2. The monoisotopic (exact) mass is 336 g/mol. The van der Waals surface area contributed by atoms with E-state index in [1.807, 2.05) is 13.8 Å². The Morgan fingerprint density at radius 1 is 1.21 bits per heavy atom. The van der Waals surface area contributed by atoms with Crippen LogP contribution in [0.1, 0.15) is 25.5 Å². The van der Waals surface area contributed by atoms with Gasteiger partial charge in [0.2, 0.25) is 11.8 Å². The van der Waals surface area contributed by atoms with Crippen LogP contribution in [-0.4, -0.2) is 54.8 Å². The molecule has 6 nitrogen and oxygen atoms in total. The van der Waals surface area contributed by atoms with Gasteiger partial charge >= 0.3 is 0 Å². The molecule has 1 heterocycles. The summed E-state index contributed by atoms with van der Waals surface area (Å²) in [6.07, 6.45) is 0. The van der Waals surface area contributed by atoms with Crippen LogP contribution in [0.4, 0.5) is 4.39 Å². The molecule has 1 fully saturated rings. The molecule has 132 valence electrons. The maximum Gasteiger partial charge on any atom is 0.242 e. The van der Waals surface area contributed by atoms with Crippen molar-refractivity contribution >= 4 is 11.8 Å². The van der Waals surface area contributed by atoms with E-state index in [9.17, 15) is 14.0 Å². The molecule has 0 spiro atoms. The molecule has 2 rings (SSSR count). The van der Waals surface area contributed by atoms with Crippen molar-refractivity contribution in [1.82, 2.24) is 20.7 Å². The number of benzene rings is 1. The van der Waals surface area contributed by atoms with Crippen LogP contribution in [0, 0.1) is 11.7 Å². The van der Waals surface area contributed by atoms with Gasteiger partial charge in [-0.15, -0.1) is 0 Å². The quantitative estimate of drug-likeness (QED) is 0.811. The van der Waals surface area contributed by atoms with Crippen LogP contribution < -0.4 is 10.9 Å². The number of amides is 2. The van der Waals surface area contributed by atoms with E-state index in [2.05, 4.69) is 10.9 Å². The van der Waals surface area contributed by atoms with Gasteiger partial charge in [-0.3, -0.25) is 15.0 Å². The Labute approximate surface area is 142 Å². The van der Waals surface area contributed by atoms with Gasteiger partial charge in [0.25, 0.3) is 0 Å². The third kappa shape index (κ3) is 4.10. The van der Waals surface area contributed by atoms with E-state index < -0.39 is 0 Å². The molecular weight excluding hydrogens is 311 g/mol. The summed E-state index contributed by atoms with van der Waals surface area (Å²) >= 11 is 0. The van der Waals surface area contributed by atoms with Crippen LogP contribution in [0.3, 0.4) is 0 Å². The van der Waals surface area contributed by atoms with E-state index in [0.29, 0.717) is 19.6 Å². The lowest BCUT2D eigenvalue weighted by molar-refractivity contribution is -0.141. The van der Waals surface area contributed by atoms with Crippen molar-refractivity contribution in [2.45, 2.75) is 19.9 Å². The van der Waals surface area contributed by atoms with Crippen molar-refractivity contribution < 1.29 is 14.0 Å². The summed E-state index contributed by atoms with van der Waals surface area (Å²) in [5, 5.41) is 0. The fraction of sp³-hybridized carbons (Fsp3) is 0.529. The molecule has 0 bridgehead atoms. The summed E-state index contributed by atoms with van der Waals surface area (Å²) in [5.41, 5.74) is 6.88. The van der Waals surface area contributed by atoms with Gasteiger partial charge < -0.3 is 9.80 Å². The van der Waals surface area contributed by atoms with Gasteiger partial charge in [-0.1, -0.05) is 12.1 Å². The summed E-state index contributed by atoms with van der Waals surface area (Å²) in [5.74, 6) is -0.824. The van der Waals surface area contributed by atoms with Crippen LogP contribution in [0.25, 0.3) is 0 Å². The Bertz CT molecular complexity index is 574. The first-order valence-corrected chi connectivity index (χ1v) is 8.24. The zero-order valence-corrected chi connectivity index (χ0v) is 14.4. The maximum atomic E-state index is 13.1. The maximum absolute atomic E-state index is 13.1. The third-order valence-corrected chi connectivity index (χ3v) is 4.39. The molecule has 24 heavy (non-hydrogen) atoms. The predicted molar refractivity (Wildman–Crippen MR) is 89.3 cm³/mol. The first-order valence-electron chi connectivity index (χ1n) is 8.24. The van der Waals surface area contributed by atoms with E-state index in [0.717, 1.165) is 5.56 Å². The number of rotatable bonds is 6. The van der Waals surface area contributed by atoms with Gasteiger partial charge in [0.15, 0.2) is 0 Å². The van der Waals surface area contributed by atoms with Crippen molar-refractivity contribution in [3.8, 4) is 0 Å². The zero-order valence-electron chi connectivity index (χ0n) is 14.4. The molecule has 2 amide bonds. The molecule has 1 aliphatic rings. The Morgan fingerprint density at radius 3 is 2.42 bits per heavy atom. The number of likely N-dealkylation sites (N-methyl/N-ethyl adjacent to an activating group) is 2. The fourth-order valence-electron chi connectivity index (χ4n) is 2.95. The largest absolute Gasteiger partial charge is 0.342 e. The van der Waals surface area contributed by atoms with Crippen molar-refractivity contribution in [3.05, 3.63) is 35.6 Å². The first-order chi connectivity index (χ1) is 11.5. The average Bonchev–Trinajstić information content (AvgIpc) is 3.05. The number of hydrogen-bond acceptors (Lipinski definition) is 4. The van der Waals surface area contributed by atoms with Crippen molar-refractivity contribution in [3.63, 3.8) is 0 Å². The topological polar surface area (TPSA) is 64.7 Å². The minimum absolute atomic E-state index is 0.0619. The van der Waals surface area contributed by atoms with Gasteiger partial charge in [-0.2, -0.15) is 0 Å². The molecule has 2 N–H and O–H groups in total. The average molecular weight is 336 g/mol. The SMILES string of the molecule is CCN(CC)C(=O)CN(C)C(=O)C1CNNC1c1ccc(F)cc1.